The predicted molar refractivity (Wildman–Crippen MR) is 97.6 cm³/mol. The minimum Gasteiger partial charge on any atom is -0.353 e. The summed E-state index contributed by atoms with van der Waals surface area (Å²) in [6.45, 7) is 5.23. The van der Waals surface area contributed by atoms with Crippen molar-refractivity contribution in [2.75, 3.05) is 5.32 Å². The number of halogens is 1. The Kier molecular flexibility index (Phi) is 5.54. The maximum Gasteiger partial charge on any atom is 0.329 e. The molecule has 134 valence electrons. The first-order valence-corrected chi connectivity index (χ1v) is 9.25. The van der Waals surface area contributed by atoms with Crippen LogP contribution in [-0.4, -0.2) is 25.0 Å². The first-order chi connectivity index (χ1) is 11.6. The van der Waals surface area contributed by atoms with Gasteiger partial charge in [0, 0.05) is 17.9 Å². The van der Waals surface area contributed by atoms with E-state index in [0.29, 0.717) is 10.7 Å². The molecule has 0 aliphatic carbocycles. The Morgan fingerprint density at radius 1 is 1.12 bits per heavy atom. The molecule has 9 heteroatoms. The zero-order valence-electron chi connectivity index (χ0n) is 14.0. The molecule has 2 aromatic rings. The highest BCUT2D eigenvalue weighted by molar-refractivity contribution is 7.90. The monoisotopic (exact) mass is 382 g/mol. The van der Waals surface area contributed by atoms with Crippen LogP contribution >= 0.6 is 11.6 Å². The van der Waals surface area contributed by atoms with Crippen molar-refractivity contribution in [2.45, 2.75) is 31.2 Å². The highest BCUT2D eigenvalue weighted by Gasteiger charge is 2.24. The third kappa shape index (κ3) is 5.33. The molecule has 0 aliphatic rings. The summed E-state index contributed by atoms with van der Waals surface area (Å²) in [5.41, 5.74) is 0.206. The summed E-state index contributed by atoms with van der Waals surface area (Å²) >= 11 is 6.09. The lowest BCUT2D eigenvalue weighted by molar-refractivity contribution is 0.237. The molecule has 0 spiro atoms. The van der Waals surface area contributed by atoms with Gasteiger partial charge in [0.15, 0.2) is 0 Å². The predicted octanol–water partition coefficient (Wildman–Crippen LogP) is 3.27. The van der Waals surface area contributed by atoms with Gasteiger partial charge in [0.2, 0.25) is 0 Å². The van der Waals surface area contributed by atoms with Gasteiger partial charge in [0.1, 0.15) is 4.90 Å². The topological polar surface area (TPSA) is 100 Å². The van der Waals surface area contributed by atoms with Crippen molar-refractivity contribution < 1.29 is 13.2 Å². The molecule has 1 aromatic carbocycles. The number of carbonyl (C=O) groups excluding carboxylic acids is 1. The van der Waals surface area contributed by atoms with Gasteiger partial charge in [-0.05, 0) is 39.0 Å². The van der Waals surface area contributed by atoms with E-state index in [2.05, 4.69) is 15.6 Å². The number of aromatic nitrogens is 1. The summed E-state index contributed by atoms with van der Waals surface area (Å²) in [4.78, 5) is 15.6. The molecule has 2 rings (SSSR count). The number of nitrogens with zero attached hydrogens (tertiary/aromatic N) is 1. The van der Waals surface area contributed by atoms with E-state index in [4.69, 9.17) is 11.6 Å². The van der Waals surface area contributed by atoms with Crippen molar-refractivity contribution in [1.82, 2.24) is 15.0 Å². The third-order valence-electron chi connectivity index (χ3n) is 2.93. The molecule has 0 unspecified atom stereocenters. The number of amides is 2. The molecule has 1 aromatic heterocycles. The molecule has 7 nitrogen and oxygen atoms in total. The Labute approximate surface area is 151 Å². The van der Waals surface area contributed by atoms with Gasteiger partial charge in [-0.1, -0.05) is 23.7 Å². The SMILES string of the molecule is CC(C)(C)NC(=O)NS(=O)(=O)c1cnccc1Nc1ccccc1Cl. The summed E-state index contributed by atoms with van der Waals surface area (Å²) in [7, 11) is -4.13. The molecule has 0 radical (unpaired) electrons. The van der Waals surface area contributed by atoms with Gasteiger partial charge in [-0.15, -0.1) is 0 Å². The van der Waals surface area contributed by atoms with Gasteiger partial charge < -0.3 is 10.6 Å². The van der Waals surface area contributed by atoms with E-state index < -0.39 is 21.6 Å². The van der Waals surface area contributed by atoms with E-state index in [1.165, 1.54) is 12.3 Å². The number of carbonyl (C=O) groups is 1. The van der Waals surface area contributed by atoms with Crippen LogP contribution in [0, 0.1) is 0 Å². The Morgan fingerprint density at radius 3 is 2.44 bits per heavy atom. The molecule has 0 fully saturated rings. The maximum atomic E-state index is 12.5. The zero-order chi connectivity index (χ0) is 18.7. The molecule has 0 atom stereocenters. The molecular weight excluding hydrogens is 364 g/mol. The largest absolute Gasteiger partial charge is 0.353 e. The van der Waals surface area contributed by atoms with Crippen molar-refractivity contribution in [1.29, 1.82) is 0 Å². The fourth-order valence-corrected chi connectivity index (χ4v) is 3.14. The van der Waals surface area contributed by atoms with E-state index >= 15 is 0 Å². The summed E-state index contributed by atoms with van der Waals surface area (Å²) in [5.74, 6) is 0. The Balaban J connectivity index is 2.30. The maximum absolute atomic E-state index is 12.5. The standard InChI is InChI=1S/C16H19ClN4O3S/c1-16(2,3)20-15(22)21-25(23,24)14-10-18-9-8-13(14)19-12-7-5-4-6-11(12)17/h4-10H,1-3H3,(H,18,19)(H2,20,21,22). The van der Waals surface area contributed by atoms with Gasteiger partial charge in [0.25, 0.3) is 10.0 Å². The van der Waals surface area contributed by atoms with Gasteiger partial charge in [0.05, 0.1) is 16.4 Å². The van der Waals surface area contributed by atoms with Crippen LogP contribution in [-0.2, 0) is 10.0 Å². The molecule has 0 saturated heterocycles. The van der Waals surface area contributed by atoms with Crippen LogP contribution in [0.4, 0.5) is 16.2 Å². The number of benzene rings is 1. The molecule has 0 bridgehead atoms. The lowest BCUT2D eigenvalue weighted by Gasteiger charge is -2.21. The van der Waals surface area contributed by atoms with Crippen molar-refractivity contribution in [3.63, 3.8) is 0 Å². The van der Waals surface area contributed by atoms with E-state index in [-0.39, 0.29) is 10.6 Å². The highest BCUT2D eigenvalue weighted by Crippen LogP contribution is 2.28. The number of para-hydroxylation sites is 1. The van der Waals surface area contributed by atoms with Crippen molar-refractivity contribution >= 4 is 39.0 Å². The minimum absolute atomic E-state index is 0.168. The number of anilines is 2. The first-order valence-electron chi connectivity index (χ1n) is 7.39. The summed E-state index contributed by atoms with van der Waals surface area (Å²) in [5, 5.41) is 5.91. The molecular formula is C16H19ClN4O3S. The second-order valence-electron chi connectivity index (χ2n) is 6.29. The molecule has 1 heterocycles. The Hall–Kier alpha value is -2.32. The van der Waals surface area contributed by atoms with Crippen LogP contribution in [0.2, 0.25) is 5.02 Å². The quantitative estimate of drug-likeness (QED) is 0.753. The fraction of sp³-hybridized carbons (Fsp3) is 0.250. The average molecular weight is 383 g/mol. The highest BCUT2D eigenvalue weighted by atomic mass is 35.5. The van der Waals surface area contributed by atoms with Crippen molar-refractivity contribution in [2.24, 2.45) is 0 Å². The van der Waals surface area contributed by atoms with Crippen molar-refractivity contribution in [3.8, 4) is 0 Å². The summed E-state index contributed by atoms with van der Waals surface area (Å²) in [6.07, 6.45) is 2.60. The van der Waals surface area contributed by atoms with E-state index in [0.717, 1.165) is 6.20 Å². The number of sulfonamides is 1. The van der Waals surface area contributed by atoms with Crippen molar-refractivity contribution in [3.05, 3.63) is 47.7 Å². The second-order valence-corrected chi connectivity index (χ2v) is 8.34. The number of urea groups is 1. The summed E-state index contributed by atoms with van der Waals surface area (Å²) in [6, 6.07) is 7.57. The summed E-state index contributed by atoms with van der Waals surface area (Å²) < 4.78 is 27.1. The third-order valence-corrected chi connectivity index (χ3v) is 4.62. The van der Waals surface area contributed by atoms with Gasteiger partial charge >= 0.3 is 6.03 Å². The van der Waals surface area contributed by atoms with E-state index in [1.54, 1.807) is 45.0 Å². The van der Waals surface area contributed by atoms with Crippen LogP contribution in [0.3, 0.4) is 0 Å². The number of hydrogen-bond donors (Lipinski definition) is 3. The molecule has 3 N–H and O–H groups in total. The molecule has 2 amide bonds. The lowest BCUT2D eigenvalue weighted by atomic mass is 10.1. The van der Waals surface area contributed by atoms with Gasteiger partial charge in [-0.2, -0.15) is 0 Å². The van der Waals surface area contributed by atoms with E-state index in [9.17, 15) is 13.2 Å². The second kappa shape index (κ2) is 7.28. The normalized spacial score (nSPS) is 11.7. The smallest absolute Gasteiger partial charge is 0.329 e. The zero-order valence-corrected chi connectivity index (χ0v) is 15.6. The van der Waals surface area contributed by atoms with Crippen LogP contribution in [0.5, 0.6) is 0 Å². The first kappa shape index (κ1) is 19.0. The van der Waals surface area contributed by atoms with E-state index in [1.807, 2.05) is 4.72 Å². The molecule has 0 aliphatic heterocycles. The van der Waals surface area contributed by atoms with Crippen LogP contribution in [0.1, 0.15) is 20.8 Å². The number of nitrogens with one attached hydrogen (secondary N) is 3. The van der Waals surface area contributed by atoms with Crippen LogP contribution in [0.25, 0.3) is 0 Å². The van der Waals surface area contributed by atoms with Gasteiger partial charge in [-0.3, -0.25) is 4.98 Å². The minimum atomic E-state index is -4.13. The lowest BCUT2D eigenvalue weighted by Crippen LogP contribution is -2.48. The Bertz CT molecular complexity index is 879. The molecule has 25 heavy (non-hydrogen) atoms. The number of hydrogen-bond acceptors (Lipinski definition) is 5. The Morgan fingerprint density at radius 2 is 1.80 bits per heavy atom. The average Bonchev–Trinajstić information content (AvgIpc) is 2.47. The van der Waals surface area contributed by atoms with Gasteiger partial charge in [-0.25, -0.2) is 17.9 Å². The number of rotatable bonds is 4. The molecule has 0 saturated carbocycles. The van der Waals surface area contributed by atoms with Crippen LogP contribution < -0.4 is 15.4 Å². The number of pyridine rings is 1. The van der Waals surface area contributed by atoms with Crippen LogP contribution in [0.15, 0.2) is 47.6 Å². The fourth-order valence-electron chi connectivity index (χ4n) is 1.95.